The quantitative estimate of drug-likeness (QED) is 0.752. The summed E-state index contributed by atoms with van der Waals surface area (Å²) in [7, 11) is -3.37. The molecule has 1 saturated heterocycles. The summed E-state index contributed by atoms with van der Waals surface area (Å²) in [5.41, 5.74) is -0.137. The van der Waals surface area contributed by atoms with Gasteiger partial charge in [-0.1, -0.05) is 44.2 Å². The molecule has 0 spiro atoms. The first-order chi connectivity index (χ1) is 12.7. The second-order valence-electron chi connectivity index (χ2n) is 7.43. The summed E-state index contributed by atoms with van der Waals surface area (Å²) in [4.78, 5) is 14.2. The Morgan fingerprint density at radius 2 is 1.81 bits per heavy atom. The van der Waals surface area contributed by atoms with Crippen LogP contribution < -0.4 is 5.32 Å². The van der Waals surface area contributed by atoms with E-state index in [2.05, 4.69) is 11.4 Å². The lowest BCUT2D eigenvalue weighted by Gasteiger charge is -2.34. The molecule has 1 aliphatic rings. The number of nitrogens with one attached hydrogen (secondary N) is 1. The van der Waals surface area contributed by atoms with E-state index in [4.69, 9.17) is 0 Å². The van der Waals surface area contributed by atoms with E-state index >= 15 is 0 Å². The SMILES string of the molecule is CC(C)[C@@](C)(C#N)NC(=O)CN1CCN(S(=O)(=O)Cc2ccccc2)CC1. The Hall–Kier alpha value is -1.95. The molecule has 1 aliphatic heterocycles. The largest absolute Gasteiger partial charge is 0.337 e. The van der Waals surface area contributed by atoms with Crippen LogP contribution >= 0.6 is 0 Å². The zero-order valence-corrected chi connectivity index (χ0v) is 17.0. The van der Waals surface area contributed by atoms with Gasteiger partial charge < -0.3 is 5.32 Å². The third-order valence-corrected chi connectivity index (χ3v) is 6.92. The van der Waals surface area contributed by atoms with Gasteiger partial charge in [0.05, 0.1) is 18.4 Å². The third-order valence-electron chi connectivity index (χ3n) is 5.07. The number of carbonyl (C=O) groups excluding carboxylic acids is 1. The molecule has 1 aromatic carbocycles. The molecule has 1 atom stereocenters. The Bertz CT molecular complexity index is 781. The lowest BCUT2D eigenvalue weighted by atomic mass is 9.90. The Labute approximate surface area is 162 Å². The van der Waals surface area contributed by atoms with E-state index in [0.717, 1.165) is 5.56 Å². The van der Waals surface area contributed by atoms with Gasteiger partial charge in [-0.15, -0.1) is 0 Å². The van der Waals surface area contributed by atoms with Gasteiger partial charge >= 0.3 is 0 Å². The molecule has 0 unspecified atom stereocenters. The predicted molar refractivity (Wildman–Crippen MR) is 104 cm³/mol. The summed E-state index contributed by atoms with van der Waals surface area (Å²) in [5, 5.41) is 12.1. The van der Waals surface area contributed by atoms with Crippen LogP contribution in [0.25, 0.3) is 0 Å². The van der Waals surface area contributed by atoms with Crippen molar-refractivity contribution in [2.75, 3.05) is 32.7 Å². The van der Waals surface area contributed by atoms with Crippen molar-refractivity contribution in [3.05, 3.63) is 35.9 Å². The maximum Gasteiger partial charge on any atom is 0.235 e. The van der Waals surface area contributed by atoms with Gasteiger partial charge in [-0.05, 0) is 18.4 Å². The number of benzene rings is 1. The first-order valence-corrected chi connectivity index (χ1v) is 10.7. The standard InChI is InChI=1S/C19H28N4O3S/c1-16(2)19(3,15-20)21-18(24)13-22-9-11-23(12-10-22)27(25,26)14-17-7-5-4-6-8-17/h4-8,16H,9-14H2,1-3H3,(H,21,24)/t19-/m1/s1. The number of nitrogens with zero attached hydrogens (tertiary/aromatic N) is 3. The second-order valence-corrected chi connectivity index (χ2v) is 9.40. The van der Waals surface area contributed by atoms with Crippen LogP contribution in [0.15, 0.2) is 30.3 Å². The van der Waals surface area contributed by atoms with Crippen LogP contribution in [0.5, 0.6) is 0 Å². The summed E-state index contributed by atoms with van der Waals surface area (Å²) < 4.78 is 26.6. The van der Waals surface area contributed by atoms with Crippen molar-refractivity contribution in [2.45, 2.75) is 32.1 Å². The first-order valence-electron chi connectivity index (χ1n) is 9.12. The van der Waals surface area contributed by atoms with Gasteiger partial charge in [0, 0.05) is 26.2 Å². The average Bonchev–Trinajstić information content (AvgIpc) is 2.62. The third kappa shape index (κ3) is 5.76. The van der Waals surface area contributed by atoms with E-state index < -0.39 is 15.6 Å². The smallest absolute Gasteiger partial charge is 0.235 e. The summed E-state index contributed by atoms with van der Waals surface area (Å²) >= 11 is 0. The Morgan fingerprint density at radius 1 is 1.22 bits per heavy atom. The van der Waals surface area contributed by atoms with Crippen molar-refractivity contribution in [1.82, 2.24) is 14.5 Å². The number of hydrogen-bond donors (Lipinski definition) is 1. The molecule has 1 N–H and O–H groups in total. The van der Waals surface area contributed by atoms with Gasteiger partial charge in [-0.2, -0.15) is 9.57 Å². The molecule has 0 saturated carbocycles. The van der Waals surface area contributed by atoms with E-state index in [0.29, 0.717) is 26.2 Å². The predicted octanol–water partition coefficient (Wildman–Crippen LogP) is 1.19. The zero-order chi connectivity index (χ0) is 20.1. The van der Waals surface area contributed by atoms with Crippen LogP contribution in [-0.2, 0) is 20.6 Å². The van der Waals surface area contributed by atoms with Crippen molar-refractivity contribution in [1.29, 1.82) is 5.26 Å². The monoisotopic (exact) mass is 392 g/mol. The van der Waals surface area contributed by atoms with Crippen molar-refractivity contribution < 1.29 is 13.2 Å². The maximum absolute atomic E-state index is 12.6. The molecule has 1 aromatic rings. The van der Waals surface area contributed by atoms with E-state index in [1.165, 1.54) is 4.31 Å². The molecule has 8 heteroatoms. The van der Waals surface area contributed by atoms with Gasteiger partial charge in [0.1, 0.15) is 5.54 Å². The molecular formula is C19H28N4O3S. The van der Waals surface area contributed by atoms with Crippen LogP contribution in [0, 0.1) is 17.2 Å². The minimum absolute atomic E-state index is 0.00794. The van der Waals surface area contributed by atoms with E-state index in [-0.39, 0.29) is 24.1 Å². The second kappa shape index (κ2) is 8.83. The molecule has 148 valence electrons. The number of rotatable bonds is 7. The van der Waals surface area contributed by atoms with Gasteiger partial charge in [0.25, 0.3) is 0 Å². The Morgan fingerprint density at radius 3 is 2.33 bits per heavy atom. The topological polar surface area (TPSA) is 93.5 Å². The van der Waals surface area contributed by atoms with Crippen molar-refractivity contribution in [3.63, 3.8) is 0 Å². The van der Waals surface area contributed by atoms with Crippen LogP contribution in [-0.4, -0.2) is 61.8 Å². The Kier molecular flexibility index (Phi) is 6.98. The lowest BCUT2D eigenvalue weighted by Crippen LogP contribution is -2.55. The minimum Gasteiger partial charge on any atom is -0.337 e. The van der Waals surface area contributed by atoms with Crippen molar-refractivity contribution in [2.24, 2.45) is 5.92 Å². The normalized spacial score (nSPS) is 18.6. The molecule has 0 aliphatic carbocycles. The number of carbonyl (C=O) groups is 1. The van der Waals surface area contributed by atoms with Crippen molar-refractivity contribution in [3.8, 4) is 6.07 Å². The van der Waals surface area contributed by atoms with Gasteiger partial charge in [-0.25, -0.2) is 8.42 Å². The number of sulfonamides is 1. The fourth-order valence-electron chi connectivity index (χ4n) is 2.88. The van der Waals surface area contributed by atoms with Crippen LogP contribution in [0.4, 0.5) is 0 Å². The van der Waals surface area contributed by atoms with Crippen molar-refractivity contribution >= 4 is 15.9 Å². The minimum atomic E-state index is -3.37. The Balaban J connectivity index is 1.86. The molecule has 1 amide bonds. The first kappa shape index (κ1) is 21.4. The number of amides is 1. The van der Waals surface area contributed by atoms with Crippen LogP contribution in [0.1, 0.15) is 26.3 Å². The molecule has 0 bridgehead atoms. The van der Waals surface area contributed by atoms with Gasteiger partial charge in [-0.3, -0.25) is 9.69 Å². The highest BCUT2D eigenvalue weighted by molar-refractivity contribution is 7.88. The molecule has 1 fully saturated rings. The zero-order valence-electron chi connectivity index (χ0n) is 16.2. The summed E-state index contributed by atoms with van der Waals surface area (Å²) in [6, 6.07) is 11.3. The molecule has 2 rings (SSSR count). The van der Waals surface area contributed by atoms with E-state index in [1.807, 2.05) is 36.9 Å². The fraction of sp³-hybridized carbons (Fsp3) is 0.579. The fourth-order valence-corrected chi connectivity index (χ4v) is 4.39. The van der Waals surface area contributed by atoms with E-state index in [1.54, 1.807) is 19.1 Å². The number of hydrogen-bond acceptors (Lipinski definition) is 5. The highest BCUT2D eigenvalue weighted by Crippen LogP contribution is 2.16. The molecular weight excluding hydrogens is 364 g/mol. The summed E-state index contributed by atoms with van der Waals surface area (Å²) in [6.07, 6.45) is 0. The van der Waals surface area contributed by atoms with Gasteiger partial charge in [0.15, 0.2) is 0 Å². The number of nitriles is 1. The lowest BCUT2D eigenvalue weighted by molar-refractivity contribution is -0.124. The highest BCUT2D eigenvalue weighted by Gasteiger charge is 2.32. The molecule has 1 heterocycles. The van der Waals surface area contributed by atoms with Crippen LogP contribution in [0.2, 0.25) is 0 Å². The summed E-state index contributed by atoms with van der Waals surface area (Å²) in [6.45, 7) is 7.36. The molecule has 0 radical (unpaired) electrons. The number of piperazine rings is 1. The average molecular weight is 393 g/mol. The van der Waals surface area contributed by atoms with Crippen LogP contribution in [0.3, 0.4) is 0 Å². The van der Waals surface area contributed by atoms with Gasteiger partial charge in [0.2, 0.25) is 15.9 Å². The molecule has 27 heavy (non-hydrogen) atoms. The molecule has 0 aromatic heterocycles. The summed E-state index contributed by atoms with van der Waals surface area (Å²) in [5.74, 6) is -0.233. The molecule has 7 nitrogen and oxygen atoms in total. The highest BCUT2D eigenvalue weighted by atomic mass is 32.2. The van der Waals surface area contributed by atoms with E-state index in [9.17, 15) is 18.5 Å². The maximum atomic E-state index is 12.6.